The highest BCUT2D eigenvalue weighted by atomic mass is 16.5. The Kier molecular flexibility index (Phi) is 4.65. The zero-order valence-corrected chi connectivity index (χ0v) is 14.3. The first kappa shape index (κ1) is 16.5. The molecule has 0 aliphatic heterocycles. The number of benzene rings is 2. The van der Waals surface area contributed by atoms with Crippen molar-refractivity contribution in [2.24, 2.45) is 0 Å². The van der Waals surface area contributed by atoms with Gasteiger partial charge in [-0.15, -0.1) is 10.2 Å². The third-order valence-electron chi connectivity index (χ3n) is 3.71. The maximum Gasteiger partial charge on any atom is 0.279 e. The molecule has 0 saturated carbocycles. The zero-order valence-electron chi connectivity index (χ0n) is 14.3. The van der Waals surface area contributed by atoms with Crippen molar-refractivity contribution in [1.82, 2.24) is 15.2 Å². The lowest BCUT2D eigenvalue weighted by Gasteiger charge is -2.13. The molecule has 0 aliphatic rings. The Morgan fingerprint density at radius 3 is 2.24 bits per heavy atom. The van der Waals surface area contributed by atoms with Gasteiger partial charge in [0.2, 0.25) is 5.95 Å². The first-order chi connectivity index (χ1) is 12.1. The quantitative estimate of drug-likeness (QED) is 0.745. The van der Waals surface area contributed by atoms with E-state index in [9.17, 15) is 4.79 Å². The fourth-order valence-corrected chi connectivity index (χ4v) is 2.31. The lowest BCUT2D eigenvalue weighted by Crippen LogP contribution is -2.15. The summed E-state index contributed by atoms with van der Waals surface area (Å²) >= 11 is 0. The SMILES string of the molecule is COc1ccc(-c2nnc(Nc3ccc(N(C)C)cc3)[nH]c2=O)cc1. The van der Waals surface area contributed by atoms with Crippen LogP contribution in [0, 0.1) is 0 Å². The van der Waals surface area contributed by atoms with E-state index in [1.54, 1.807) is 31.4 Å². The van der Waals surface area contributed by atoms with Crippen LogP contribution in [0.1, 0.15) is 0 Å². The Labute approximate surface area is 145 Å². The fraction of sp³-hybridized carbons (Fsp3) is 0.167. The van der Waals surface area contributed by atoms with Gasteiger partial charge in [0.25, 0.3) is 5.56 Å². The van der Waals surface area contributed by atoms with Crippen molar-refractivity contribution >= 4 is 17.3 Å². The predicted octanol–water partition coefficient (Wildman–Crippen LogP) is 2.65. The van der Waals surface area contributed by atoms with E-state index in [0.29, 0.717) is 17.3 Å². The summed E-state index contributed by atoms with van der Waals surface area (Å²) in [6.45, 7) is 0. The molecule has 2 N–H and O–H groups in total. The number of nitrogens with one attached hydrogen (secondary N) is 2. The lowest BCUT2D eigenvalue weighted by atomic mass is 10.1. The van der Waals surface area contributed by atoms with Crippen molar-refractivity contribution in [3.63, 3.8) is 0 Å². The Hall–Kier alpha value is -3.35. The van der Waals surface area contributed by atoms with Gasteiger partial charge in [0.1, 0.15) is 5.75 Å². The number of H-pyrrole nitrogens is 1. The fourth-order valence-electron chi connectivity index (χ4n) is 2.31. The number of rotatable bonds is 5. The van der Waals surface area contributed by atoms with Crippen molar-refractivity contribution in [1.29, 1.82) is 0 Å². The summed E-state index contributed by atoms with van der Waals surface area (Å²) in [7, 11) is 5.54. The molecule has 1 aromatic heterocycles. The average molecular weight is 337 g/mol. The Morgan fingerprint density at radius 1 is 1.00 bits per heavy atom. The van der Waals surface area contributed by atoms with E-state index >= 15 is 0 Å². The number of methoxy groups -OCH3 is 1. The molecule has 7 heteroatoms. The number of hydrogen-bond donors (Lipinski definition) is 2. The second-order valence-electron chi connectivity index (χ2n) is 5.65. The van der Waals surface area contributed by atoms with Gasteiger partial charge in [-0.05, 0) is 48.5 Å². The van der Waals surface area contributed by atoms with Crippen LogP contribution >= 0.6 is 0 Å². The highest BCUT2D eigenvalue weighted by molar-refractivity contribution is 5.61. The molecule has 0 aliphatic carbocycles. The van der Waals surface area contributed by atoms with Crippen LogP contribution in [0.15, 0.2) is 53.3 Å². The van der Waals surface area contributed by atoms with Crippen molar-refractivity contribution in [3.8, 4) is 17.0 Å². The molecule has 128 valence electrons. The summed E-state index contributed by atoms with van der Waals surface area (Å²) in [6, 6.07) is 14.8. The summed E-state index contributed by atoms with van der Waals surface area (Å²) in [4.78, 5) is 17.0. The molecule has 0 radical (unpaired) electrons. The van der Waals surface area contributed by atoms with Crippen LogP contribution < -0.4 is 20.5 Å². The minimum atomic E-state index is -0.312. The maximum absolute atomic E-state index is 12.3. The molecular formula is C18H19N5O2. The molecule has 3 aromatic rings. The molecule has 7 nitrogen and oxygen atoms in total. The molecule has 2 aromatic carbocycles. The van der Waals surface area contributed by atoms with Crippen LogP contribution in [-0.4, -0.2) is 36.4 Å². The molecule has 0 fully saturated rings. The highest BCUT2D eigenvalue weighted by Gasteiger charge is 2.08. The molecule has 0 amide bonds. The third-order valence-corrected chi connectivity index (χ3v) is 3.71. The van der Waals surface area contributed by atoms with E-state index in [1.807, 2.05) is 43.3 Å². The molecule has 1 heterocycles. The van der Waals surface area contributed by atoms with E-state index in [2.05, 4.69) is 20.5 Å². The molecule has 25 heavy (non-hydrogen) atoms. The van der Waals surface area contributed by atoms with Crippen LogP contribution in [0.3, 0.4) is 0 Å². The Bertz CT molecular complexity index is 902. The third kappa shape index (κ3) is 3.77. The topological polar surface area (TPSA) is 83.1 Å². The predicted molar refractivity (Wildman–Crippen MR) is 98.7 cm³/mol. The van der Waals surface area contributed by atoms with Crippen LogP contribution in [0.4, 0.5) is 17.3 Å². The smallest absolute Gasteiger partial charge is 0.279 e. The normalized spacial score (nSPS) is 10.4. The van der Waals surface area contributed by atoms with Crippen molar-refractivity contribution < 1.29 is 4.74 Å². The van der Waals surface area contributed by atoms with Gasteiger partial charge >= 0.3 is 0 Å². The minimum absolute atomic E-state index is 0.260. The van der Waals surface area contributed by atoms with Crippen molar-refractivity contribution in [2.45, 2.75) is 0 Å². The average Bonchev–Trinajstić information content (AvgIpc) is 2.62. The lowest BCUT2D eigenvalue weighted by molar-refractivity contribution is 0.415. The highest BCUT2D eigenvalue weighted by Crippen LogP contribution is 2.19. The number of hydrogen-bond acceptors (Lipinski definition) is 6. The molecular weight excluding hydrogens is 318 g/mol. The van der Waals surface area contributed by atoms with Crippen LogP contribution in [0.25, 0.3) is 11.3 Å². The standard InChI is InChI=1S/C18H19N5O2/c1-23(2)14-8-6-13(7-9-14)19-18-20-17(24)16(21-22-18)12-4-10-15(25-3)11-5-12/h4-11H,1-3H3,(H2,19,20,22,24). The van der Waals surface area contributed by atoms with E-state index < -0.39 is 0 Å². The van der Waals surface area contributed by atoms with Crippen molar-refractivity contribution in [2.75, 3.05) is 31.4 Å². The van der Waals surface area contributed by atoms with Gasteiger partial charge in [0.15, 0.2) is 5.69 Å². The summed E-state index contributed by atoms with van der Waals surface area (Å²) in [6.07, 6.45) is 0. The summed E-state index contributed by atoms with van der Waals surface area (Å²) < 4.78 is 5.11. The van der Waals surface area contributed by atoms with Gasteiger partial charge in [-0.3, -0.25) is 9.78 Å². The Balaban J connectivity index is 1.80. The summed E-state index contributed by atoms with van der Waals surface area (Å²) in [5.74, 6) is 1.01. The number of aromatic nitrogens is 3. The molecule has 0 unspecified atom stereocenters. The van der Waals surface area contributed by atoms with Crippen LogP contribution in [-0.2, 0) is 0 Å². The molecule has 3 rings (SSSR count). The first-order valence-corrected chi connectivity index (χ1v) is 7.72. The van der Waals surface area contributed by atoms with Gasteiger partial charge in [-0.1, -0.05) is 0 Å². The monoisotopic (exact) mass is 337 g/mol. The largest absolute Gasteiger partial charge is 0.497 e. The van der Waals surface area contributed by atoms with E-state index in [1.165, 1.54) is 0 Å². The summed E-state index contributed by atoms with van der Waals surface area (Å²) in [5.41, 5.74) is 2.52. The van der Waals surface area contributed by atoms with Gasteiger partial charge in [-0.2, -0.15) is 0 Å². The molecule has 0 bridgehead atoms. The van der Waals surface area contributed by atoms with E-state index in [4.69, 9.17) is 4.74 Å². The second-order valence-corrected chi connectivity index (χ2v) is 5.65. The minimum Gasteiger partial charge on any atom is -0.497 e. The number of ether oxygens (including phenoxy) is 1. The molecule has 0 atom stereocenters. The van der Waals surface area contributed by atoms with Crippen LogP contribution in [0.5, 0.6) is 5.75 Å². The number of nitrogens with zero attached hydrogens (tertiary/aromatic N) is 3. The van der Waals surface area contributed by atoms with Gasteiger partial charge < -0.3 is 15.0 Å². The second kappa shape index (κ2) is 7.04. The van der Waals surface area contributed by atoms with E-state index in [-0.39, 0.29) is 11.3 Å². The summed E-state index contributed by atoms with van der Waals surface area (Å²) in [5, 5.41) is 11.1. The van der Waals surface area contributed by atoms with Gasteiger partial charge in [0.05, 0.1) is 7.11 Å². The molecule has 0 saturated heterocycles. The maximum atomic E-state index is 12.3. The number of aromatic amines is 1. The van der Waals surface area contributed by atoms with Crippen molar-refractivity contribution in [3.05, 3.63) is 58.9 Å². The van der Waals surface area contributed by atoms with Gasteiger partial charge in [-0.25, -0.2) is 0 Å². The van der Waals surface area contributed by atoms with Crippen LogP contribution in [0.2, 0.25) is 0 Å². The van der Waals surface area contributed by atoms with E-state index in [0.717, 1.165) is 11.4 Å². The first-order valence-electron chi connectivity index (χ1n) is 7.72. The molecule has 0 spiro atoms. The zero-order chi connectivity index (χ0) is 17.8. The Morgan fingerprint density at radius 2 is 1.68 bits per heavy atom. The number of anilines is 3. The van der Waals surface area contributed by atoms with Gasteiger partial charge in [0, 0.05) is 31.0 Å².